The number of amides is 2. The number of carbonyl (C=O) groups excluding carboxylic acids is 2. The Kier molecular flexibility index (Phi) is 19.8. The molecule has 4 aromatic rings. The van der Waals surface area contributed by atoms with Crippen molar-refractivity contribution in [1.29, 1.82) is 0 Å². The number of anilines is 2. The summed E-state index contributed by atoms with van der Waals surface area (Å²) in [6.45, 7) is 9.24. The fraction of sp³-hybridized carbons (Fsp3) is 0.571. The number of aliphatic hydroxyl groups excluding tert-OH is 2. The van der Waals surface area contributed by atoms with E-state index in [4.69, 9.17) is 42.1 Å². The molecule has 2 amide bonds. The van der Waals surface area contributed by atoms with Gasteiger partial charge in [-0.05, 0) is 196 Å². The van der Waals surface area contributed by atoms with Gasteiger partial charge in [-0.25, -0.2) is 26.3 Å². The minimum absolute atomic E-state index is 0.115. The number of aliphatic hydroxyl groups is 2. The van der Waals surface area contributed by atoms with Crippen molar-refractivity contribution in [3.8, 4) is 11.5 Å². The molecule has 4 N–H and O–H groups in total. The number of nitrogens with one attached hydrogen (secondary N) is 2. The van der Waals surface area contributed by atoms with E-state index < -0.39 is 54.6 Å². The molecule has 92 heavy (non-hydrogen) atoms. The second-order valence-corrected chi connectivity index (χ2v) is 32.4. The highest BCUT2D eigenvalue weighted by molar-refractivity contribution is 7.91. The summed E-state index contributed by atoms with van der Waals surface area (Å²) in [5.41, 5.74) is 6.62. The van der Waals surface area contributed by atoms with Crippen molar-refractivity contribution in [3.63, 3.8) is 0 Å². The number of carbonyl (C=O) groups is 2. The van der Waals surface area contributed by atoms with Crippen LogP contribution >= 0.6 is 23.2 Å². The van der Waals surface area contributed by atoms with Crippen LogP contribution in [-0.4, -0.2) is 176 Å². The monoisotopic (exact) mass is 1340 g/mol. The SMILES string of the molecule is O=C1NS(=O)(=O)[C@@H](CN2CCOCC2)CC/C=C/[C@H](O)[C@@H]2CC[C@H]2CN2C[C@@]3(CCCc4cc(Cl)ccc43)COc3ccc1cc32.O=C1NS(=O)(=O)[C@H](CN2CCOCC2)CC/C=C/[C@H](O)[C@@H]2CC[C@H]2CN2C[C@@]3(CCCc4cc(Cl)ccc43)COc3ccc1cc32. The quantitative estimate of drug-likeness (QED) is 0.141. The lowest BCUT2D eigenvalue weighted by Crippen LogP contribution is -2.49. The summed E-state index contributed by atoms with van der Waals surface area (Å²) < 4.78 is 83.8. The predicted octanol–water partition coefficient (Wildman–Crippen LogP) is 8.62. The van der Waals surface area contributed by atoms with E-state index in [0.717, 1.165) is 85.6 Å². The summed E-state index contributed by atoms with van der Waals surface area (Å²) in [7, 11) is -8.01. The summed E-state index contributed by atoms with van der Waals surface area (Å²) in [5.74, 6) is 0.873. The Labute approximate surface area is 552 Å². The van der Waals surface area contributed by atoms with Gasteiger partial charge in [0.2, 0.25) is 20.0 Å². The minimum Gasteiger partial charge on any atom is -0.490 e. The molecule has 6 aliphatic heterocycles. The van der Waals surface area contributed by atoms with E-state index in [9.17, 15) is 36.6 Å². The Morgan fingerprint density at radius 3 is 1.37 bits per heavy atom. The summed E-state index contributed by atoms with van der Waals surface area (Å²) in [6, 6.07) is 22.9. The zero-order valence-corrected chi connectivity index (χ0v) is 55.6. The average Bonchev–Trinajstić information content (AvgIpc) is 1.49. The third kappa shape index (κ3) is 14.2. The van der Waals surface area contributed by atoms with Crippen LogP contribution in [0.25, 0.3) is 0 Å². The molecule has 0 radical (unpaired) electrons. The van der Waals surface area contributed by atoms with Crippen LogP contribution in [-0.2, 0) is 53.2 Å². The number of benzene rings is 4. The number of hydrogen-bond acceptors (Lipinski definition) is 16. The van der Waals surface area contributed by atoms with Gasteiger partial charge >= 0.3 is 0 Å². The second-order valence-electron chi connectivity index (χ2n) is 27.6. The fourth-order valence-corrected chi connectivity index (χ4v) is 19.5. The Morgan fingerprint density at radius 1 is 0.543 bits per heavy atom. The van der Waals surface area contributed by atoms with Gasteiger partial charge in [0.15, 0.2) is 0 Å². The normalized spacial score (nSPS) is 32.2. The molecule has 4 aromatic carbocycles. The van der Waals surface area contributed by atoms with Gasteiger partial charge in [-0.2, -0.15) is 0 Å². The first-order chi connectivity index (χ1) is 44.4. The molecule has 10 aliphatic rings. The van der Waals surface area contributed by atoms with Crippen LogP contribution < -0.4 is 28.7 Å². The van der Waals surface area contributed by atoms with E-state index in [1.165, 1.54) is 22.3 Å². The number of ether oxygens (including phenoxy) is 4. The highest BCUT2D eigenvalue weighted by Gasteiger charge is 2.47. The van der Waals surface area contributed by atoms with Crippen molar-refractivity contribution < 1.29 is 55.6 Å². The van der Waals surface area contributed by atoms with Crippen LogP contribution in [0.3, 0.4) is 0 Å². The number of halogens is 2. The third-order valence-corrected chi connectivity index (χ3v) is 25.7. The summed E-state index contributed by atoms with van der Waals surface area (Å²) in [6.07, 6.45) is 17.8. The zero-order chi connectivity index (χ0) is 63.8. The molecule has 2 saturated heterocycles. The molecule has 10 atom stereocenters. The van der Waals surface area contributed by atoms with E-state index in [0.29, 0.717) is 142 Å². The number of nitrogens with zero attached hydrogens (tertiary/aromatic N) is 4. The molecule has 14 rings (SSSR count). The predicted molar refractivity (Wildman–Crippen MR) is 356 cm³/mol. The van der Waals surface area contributed by atoms with Crippen LogP contribution in [0.1, 0.15) is 120 Å². The Hall–Kier alpha value is -5.26. The number of aryl methyl sites for hydroxylation is 2. The van der Waals surface area contributed by atoms with Crippen LogP contribution in [0, 0.1) is 23.7 Å². The number of rotatable bonds is 4. The van der Waals surface area contributed by atoms with Crippen LogP contribution in [0.4, 0.5) is 11.4 Å². The smallest absolute Gasteiger partial charge is 0.264 e. The van der Waals surface area contributed by atoms with Gasteiger partial charge in [0, 0.05) is 97.4 Å². The van der Waals surface area contributed by atoms with Gasteiger partial charge in [0.1, 0.15) is 11.5 Å². The molecule has 496 valence electrons. The maximum atomic E-state index is 13.7. The van der Waals surface area contributed by atoms with Crippen molar-refractivity contribution >= 4 is 66.4 Å². The molecule has 2 saturated carbocycles. The van der Waals surface area contributed by atoms with E-state index in [-0.39, 0.29) is 45.6 Å². The largest absolute Gasteiger partial charge is 0.490 e. The number of hydrogen-bond donors (Lipinski definition) is 4. The lowest BCUT2D eigenvalue weighted by Gasteiger charge is -2.45. The second kappa shape index (κ2) is 27.8. The van der Waals surface area contributed by atoms with Crippen molar-refractivity contribution in [3.05, 3.63) is 141 Å². The summed E-state index contributed by atoms with van der Waals surface area (Å²) in [5, 5.41) is 22.4. The average molecular weight is 1340 g/mol. The number of allylic oxidation sites excluding steroid dienone is 2. The highest BCUT2D eigenvalue weighted by Crippen LogP contribution is 2.49. The number of morpholine rings is 2. The van der Waals surface area contributed by atoms with Crippen LogP contribution in [0.15, 0.2) is 97.1 Å². The van der Waals surface area contributed by atoms with Crippen molar-refractivity contribution in [2.24, 2.45) is 23.7 Å². The number of sulfonamides is 2. The molecule has 18 nitrogen and oxygen atoms in total. The van der Waals surface area contributed by atoms with E-state index in [2.05, 4.69) is 53.3 Å². The van der Waals surface area contributed by atoms with E-state index in [1.54, 1.807) is 36.4 Å². The first kappa shape index (κ1) is 65.4. The van der Waals surface area contributed by atoms with Crippen molar-refractivity contribution in [1.82, 2.24) is 19.2 Å². The first-order valence-electron chi connectivity index (χ1n) is 33.4. The van der Waals surface area contributed by atoms with E-state index >= 15 is 0 Å². The molecule has 6 heterocycles. The molecular weight excluding hydrogens is 1250 g/mol. The topological polar surface area (TPSA) is 217 Å². The van der Waals surface area contributed by atoms with Crippen molar-refractivity contribution in [2.75, 3.05) is 115 Å². The molecule has 22 heteroatoms. The van der Waals surface area contributed by atoms with Crippen LogP contribution in [0.2, 0.25) is 10.0 Å². The van der Waals surface area contributed by atoms with Gasteiger partial charge in [0.05, 0.1) is 73.7 Å². The maximum absolute atomic E-state index is 13.7. The fourth-order valence-electron chi connectivity index (χ4n) is 16.3. The van der Waals surface area contributed by atoms with Gasteiger partial charge in [-0.15, -0.1) is 0 Å². The van der Waals surface area contributed by atoms with Gasteiger partial charge in [-0.3, -0.25) is 19.4 Å². The lowest BCUT2D eigenvalue weighted by atomic mass is 9.68. The molecule has 0 aromatic heterocycles. The van der Waals surface area contributed by atoms with E-state index in [1.807, 2.05) is 36.4 Å². The zero-order valence-electron chi connectivity index (χ0n) is 52.4. The van der Waals surface area contributed by atoms with Gasteiger partial charge in [-0.1, -0.05) is 59.6 Å². The van der Waals surface area contributed by atoms with Crippen LogP contribution in [0.5, 0.6) is 11.5 Å². The molecule has 4 aliphatic carbocycles. The number of fused-ring (bicyclic) bond motifs is 8. The first-order valence-corrected chi connectivity index (χ1v) is 37.3. The maximum Gasteiger partial charge on any atom is 0.264 e. The Morgan fingerprint density at radius 2 is 0.967 bits per heavy atom. The summed E-state index contributed by atoms with van der Waals surface area (Å²) >= 11 is 12.8. The Bertz CT molecular complexity index is 3420. The third-order valence-electron chi connectivity index (χ3n) is 21.8. The molecule has 4 fully saturated rings. The highest BCUT2D eigenvalue weighted by atomic mass is 35.5. The van der Waals surface area contributed by atoms with Crippen molar-refractivity contribution in [2.45, 2.75) is 123 Å². The van der Waals surface area contributed by atoms with Gasteiger partial charge in [0.25, 0.3) is 11.8 Å². The molecule has 2 spiro atoms. The molecular formula is C70H88Cl2N6O12S2. The molecule has 4 bridgehead atoms. The minimum atomic E-state index is -4.01. The standard InChI is InChI=1S/2C35H44ClN3O6S/c2*36-27-9-11-30-24(18-27)4-3-13-35(30)22-39-20-26-7-10-29(26)32(40)6-2-1-5-28(21-38-14-16-44-17-15-38)46(42,43)37-34(41)25-8-12-33(45-23-35)31(39)19-25/h2*2,6,8-9,11-12,18-19,26,28-29,32,40H,1,3-5,7,10,13-17,20-23H2,(H,37,41)/b2*6-2+/t26-,28+,29+,32-,35-;26-,28-,29+,32-,35-/m00/s1. The Balaban J connectivity index is 0.000000168. The van der Waals surface area contributed by atoms with Gasteiger partial charge < -0.3 is 39.0 Å². The lowest BCUT2D eigenvalue weighted by molar-refractivity contribution is 0.0375. The summed E-state index contributed by atoms with van der Waals surface area (Å²) in [4.78, 5) is 36.1. The molecule has 0 unspecified atom stereocenters.